The number of aromatic nitrogens is 2. The first-order chi connectivity index (χ1) is 8.31. The molecular weight excluding hydrogens is 210 g/mol. The molecule has 1 aliphatic rings. The van der Waals surface area contributed by atoms with Crippen LogP contribution < -0.4 is 5.73 Å². The zero-order valence-corrected chi connectivity index (χ0v) is 9.63. The van der Waals surface area contributed by atoms with Crippen molar-refractivity contribution < 1.29 is 0 Å². The van der Waals surface area contributed by atoms with E-state index in [2.05, 4.69) is 9.97 Å². The summed E-state index contributed by atoms with van der Waals surface area (Å²) in [6.07, 6.45) is 3.57. The van der Waals surface area contributed by atoms with Crippen molar-refractivity contribution in [3.8, 4) is 11.3 Å². The molecule has 0 bridgehead atoms. The standard InChI is InChI=1S/C14H15N3/c15-13-9-12(11-4-2-1-3-5-11)16-14(17-13)8-10-6-7-10/h1-5,9-10H,6-8H2,(H2,15,16,17). The molecule has 0 radical (unpaired) electrons. The molecule has 1 fully saturated rings. The Hall–Kier alpha value is -1.90. The van der Waals surface area contributed by atoms with Gasteiger partial charge in [0, 0.05) is 18.1 Å². The summed E-state index contributed by atoms with van der Waals surface area (Å²) in [5.41, 5.74) is 7.86. The number of nitrogens with two attached hydrogens (primary N) is 1. The van der Waals surface area contributed by atoms with E-state index in [1.807, 2.05) is 36.4 Å². The first kappa shape index (κ1) is 10.3. The minimum Gasteiger partial charge on any atom is -0.384 e. The Kier molecular flexibility index (Phi) is 2.52. The van der Waals surface area contributed by atoms with Gasteiger partial charge in [0.05, 0.1) is 5.69 Å². The van der Waals surface area contributed by atoms with E-state index < -0.39 is 0 Å². The van der Waals surface area contributed by atoms with Crippen LogP contribution in [0.15, 0.2) is 36.4 Å². The molecule has 3 rings (SSSR count). The predicted octanol–water partition coefficient (Wildman–Crippen LogP) is 2.68. The maximum absolute atomic E-state index is 5.84. The zero-order chi connectivity index (χ0) is 11.7. The van der Waals surface area contributed by atoms with Crippen LogP contribution in [0.5, 0.6) is 0 Å². The highest BCUT2D eigenvalue weighted by molar-refractivity contribution is 5.61. The fraction of sp³-hybridized carbons (Fsp3) is 0.286. The normalized spacial score (nSPS) is 14.8. The SMILES string of the molecule is Nc1cc(-c2ccccc2)nc(CC2CC2)n1. The van der Waals surface area contributed by atoms with Crippen LogP contribution in [0.1, 0.15) is 18.7 Å². The molecule has 0 atom stereocenters. The lowest BCUT2D eigenvalue weighted by molar-refractivity contribution is 0.773. The minimum absolute atomic E-state index is 0.564. The molecule has 3 heteroatoms. The molecule has 86 valence electrons. The van der Waals surface area contributed by atoms with E-state index >= 15 is 0 Å². The van der Waals surface area contributed by atoms with Crippen molar-refractivity contribution in [2.24, 2.45) is 5.92 Å². The van der Waals surface area contributed by atoms with Crippen molar-refractivity contribution in [2.45, 2.75) is 19.3 Å². The fourth-order valence-corrected chi connectivity index (χ4v) is 1.95. The van der Waals surface area contributed by atoms with Crippen molar-refractivity contribution in [1.29, 1.82) is 0 Å². The van der Waals surface area contributed by atoms with Gasteiger partial charge in [0.15, 0.2) is 0 Å². The summed E-state index contributed by atoms with van der Waals surface area (Å²) in [5, 5.41) is 0. The van der Waals surface area contributed by atoms with Gasteiger partial charge < -0.3 is 5.73 Å². The Morgan fingerprint density at radius 2 is 1.88 bits per heavy atom. The molecule has 0 saturated heterocycles. The highest BCUT2D eigenvalue weighted by Gasteiger charge is 2.23. The number of nitrogen functional groups attached to an aromatic ring is 1. The highest BCUT2D eigenvalue weighted by Crippen LogP contribution is 2.32. The van der Waals surface area contributed by atoms with Crippen LogP contribution >= 0.6 is 0 Å². The van der Waals surface area contributed by atoms with E-state index in [4.69, 9.17) is 5.73 Å². The summed E-state index contributed by atoms with van der Waals surface area (Å²) in [6, 6.07) is 11.9. The third-order valence-corrected chi connectivity index (χ3v) is 3.03. The lowest BCUT2D eigenvalue weighted by Crippen LogP contribution is -2.02. The van der Waals surface area contributed by atoms with Crippen LogP contribution in [0.25, 0.3) is 11.3 Å². The average Bonchev–Trinajstić information content (AvgIpc) is 3.13. The van der Waals surface area contributed by atoms with Gasteiger partial charge >= 0.3 is 0 Å². The highest BCUT2D eigenvalue weighted by atomic mass is 14.9. The summed E-state index contributed by atoms with van der Waals surface area (Å²) in [5.74, 6) is 2.22. The van der Waals surface area contributed by atoms with Crippen LogP contribution in [0.2, 0.25) is 0 Å². The molecule has 1 aromatic heterocycles. The Morgan fingerprint density at radius 1 is 1.12 bits per heavy atom. The van der Waals surface area contributed by atoms with Gasteiger partial charge in [-0.05, 0) is 18.8 Å². The monoisotopic (exact) mass is 225 g/mol. The number of benzene rings is 1. The fourth-order valence-electron chi connectivity index (χ4n) is 1.95. The number of rotatable bonds is 3. The zero-order valence-electron chi connectivity index (χ0n) is 9.63. The Balaban J connectivity index is 1.95. The lowest BCUT2D eigenvalue weighted by Gasteiger charge is -2.05. The molecule has 1 saturated carbocycles. The maximum Gasteiger partial charge on any atom is 0.131 e. The predicted molar refractivity (Wildman–Crippen MR) is 68.3 cm³/mol. The van der Waals surface area contributed by atoms with Crippen molar-refractivity contribution in [2.75, 3.05) is 5.73 Å². The molecule has 1 aliphatic carbocycles. The van der Waals surface area contributed by atoms with Crippen molar-refractivity contribution in [3.63, 3.8) is 0 Å². The van der Waals surface area contributed by atoms with Crippen molar-refractivity contribution >= 4 is 5.82 Å². The second-order valence-corrected chi connectivity index (χ2v) is 4.61. The van der Waals surface area contributed by atoms with E-state index in [1.54, 1.807) is 0 Å². The van der Waals surface area contributed by atoms with Crippen LogP contribution in [0.4, 0.5) is 5.82 Å². The Morgan fingerprint density at radius 3 is 2.59 bits per heavy atom. The van der Waals surface area contributed by atoms with Crippen LogP contribution in [-0.4, -0.2) is 9.97 Å². The largest absolute Gasteiger partial charge is 0.384 e. The first-order valence-corrected chi connectivity index (χ1v) is 6.00. The molecule has 1 heterocycles. The third-order valence-electron chi connectivity index (χ3n) is 3.03. The molecule has 0 amide bonds. The van der Waals surface area contributed by atoms with Gasteiger partial charge in [-0.3, -0.25) is 0 Å². The molecule has 2 N–H and O–H groups in total. The van der Waals surface area contributed by atoms with Crippen LogP contribution in [0.3, 0.4) is 0 Å². The first-order valence-electron chi connectivity index (χ1n) is 6.00. The Labute approximate surface area is 101 Å². The van der Waals surface area contributed by atoms with Gasteiger partial charge in [-0.2, -0.15) is 0 Å². The second kappa shape index (κ2) is 4.17. The summed E-state index contributed by atoms with van der Waals surface area (Å²) in [6.45, 7) is 0. The van der Waals surface area contributed by atoms with Gasteiger partial charge in [-0.25, -0.2) is 9.97 Å². The number of hydrogen-bond acceptors (Lipinski definition) is 3. The van der Waals surface area contributed by atoms with Crippen molar-refractivity contribution in [3.05, 3.63) is 42.2 Å². The Bertz CT molecular complexity index is 518. The average molecular weight is 225 g/mol. The van der Waals surface area contributed by atoms with E-state index in [-0.39, 0.29) is 0 Å². The lowest BCUT2D eigenvalue weighted by atomic mass is 10.1. The molecular formula is C14H15N3. The van der Waals surface area contributed by atoms with E-state index in [0.717, 1.165) is 29.4 Å². The van der Waals surface area contributed by atoms with Gasteiger partial charge in [-0.15, -0.1) is 0 Å². The molecule has 1 aromatic carbocycles. The molecule has 0 aliphatic heterocycles. The third kappa shape index (κ3) is 2.44. The number of anilines is 1. The van der Waals surface area contributed by atoms with Crippen molar-refractivity contribution in [1.82, 2.24) is 9.97 Å². The number of hydrogen-bond donors (Lipinski definition) is 1. The molecule has 2 aromatic rings. The summed E-state index contributed by atoms with van der Waals surface area (Å²) < 4.78 is 0. The number of nitrogens with zero attached hydrogens (tertiary/aromatic N) is 2. The summed E-state index contributed by atoms with van der Waals surface area (Å²) >= 11 is 0. The molecule has 0 spiro atoms. The van der Waals surface area contributed by atoms with E-state index in [9.17, 15) is 0 Å². The summed E-state index contributed by atoms with van der Waals surface area (Å²) in [4.78, 5) is 8.90. The quantitative estimate of drug-likeness (QED) is 0.873. The molecule has 0 unspecified atom stereocenters. The molecule has 17 heavy (non-hydrogen) atoms. The van der Waals surface area contributed by atoms with Gasteiger partial charge in [0.25, 0.3) is 0 Å². The van der Waals surface area contributed by atoms with Crippen LogP contribution in [-0.2, 0) is 6.42 Å². The van der Waals surface area contributed by atoms with E-state index in [1.165, 1.54) is 12.8 Å². The maximum atomic E-state index is 5.84. The topological polar surface area (TPSA) is 51.8 Å². The second-order valence-electron chi connectivity index (χ2n) is 4.61. The minimum atomic E-state index is 0.564. The van der Waals surface area contributed by atoms with Gasteiger partial charge in [0.2, 0.25) is 0 Å². The van der Waals surface area contributed by atoms with Gasteiger partial charge in [-0.1, -0.05) is 30.3 Å². The van der Waals surface area contributed by atoms with E-state index in [0.29, 0.717) is 5.82 Å². The molecule has 3 nitrogen and oxygen atoms in total. The summed E-state index contributed by atoms with van der Waals surface area (Å²) in [7, 11) is 0. The van der Waals surface area contributed by atoms with Crippen LogP contribution in [0, 0.1) is 5.92 Å². The van der Waals surface area contributed by atoms with Gasteiger partial charge in [0.1, 0.15) is 11.6 Å². The smallest absolute Gasteiger partial charge is 0.131 e.